The first kappa shape index (κ1) is 18.8. The minimum Gasteiger partial charge on any atom is -0.449 e. The predicted octanol–water partition coefficient (Wildman–Crippen LogP) is 4.23. The van der Waals surface area contributed by atoms with Crippen LogP contribution >= 0.6 is 11.6 Å². The highest BCUT2D eigenvalue weighted by Gasteiger charge is 2.06. The van der Waals surface area contributed by atoms with Gasteiger partial charge in [0, 0.05) is 11.4 Å². The Kier molecular flexibility index (Phi) is 6.83. The van der Waals surface area contributed by atoms with Crippen molar-refractivity contribution < 1.29 is 14.4 Å². The van der Waals surface area contributed by atoms with E-state index < -0.39 is 6.09 Å². The molecule has 2 N–H and O–H groups in total. The number of hydrogen-bond acceptors (Lipinski definition) is 4. The second kappa shape index (κ2) is 9.08. The standard InChI is InChI=1S/C19H21ClN2O3/c1-13-4-3-5-15(10-13)12-25-22-14(2)16-6-7-18(20)17(11-16)8-9-24-19(21)23/h3-7,10-11H,8-9,12H2,1-2H3,(H2,21,23). The zero-order valence-electron chi connectivity index (χ0n) is 14.3. The average molecular weight is 361 g/mol. The molecule has 0 saturated heterocycles. The minimum absolute atomic E-state index is 0.179. The summed E-state index contributed by atoms with van der Waals surface area (Å²) in [6, 6.07) is 13.6. The number of aryl methyl sites for hydroxylation is 1. The molecule has 0 aliphatic carbocycles. The van der Waals surface area contributed by atoms with Crippen molar-refractivity contribution in [3.05, 3.63) is 69.7 Å². The van der Waals surface area contributed by atoms with Crippen molar-refractivity contribution in [2.75, 3.05) is 6.61 Å². The molecule has 6 heteroatoms. The smallest absolute Gasteiger partial charge is 0.404 e. The van der Waals surface area contributed by atoms with Gasteiger partial charge in [0.2, 0.25) is 0 Å². The van der Waals surface area contributed by atoms with E-state index in [1.165, 1.54) is 5.56 Å². The molecule has 0 aliphatic rings. The number of hydrogen-bond donors (Lipinski definition) is 1. The summed E-state index contributed by atoms with van der Waals surface area (Å²) in [6.45, 7) is 4.49. The van der Waals surface area contributed by atoms with Crippen LogP contribution in [0.25, 0.3) is 0 Å². The zero-order valence-corrected chi connectivity index (χ0v) is 15.0. The summed E-state index contributed by atoms with van der Waals surface area (Å²) >= 11 is 6.17. The first-order valence-corrected chi connectivity index (χ1v) is 8.26. The lowest BCUT2D eigenvalue weighted by molar-refractivity contribution is 0.130. The Hall–Kier alpha value is -2.53. The summed E-state index contributed by atoms with van der Waals surface area (Å²) in [6.07, 6.45) is -0.317. The molecule has 0 radical (unpaired) electrons. The molecule has 0 bridgehead atoms. The number of nitrogens with zero attached hydrogens (tertiary/aromatic N) is 1. The van der Waals surface area contributed by atoms with Gasteiger partial charge >= 0.3 is 6.09 Å². The van der Waals surface area contributed by atoms with Gasteiger partial charge in [-0.2, -0.15) is 0 Å². The Balaban J connectivity index is 2.00. The number of nitrogens with two attached hydrogens (primary N) is 1. The SMILES string of the molecule is CC(=NOCc1cccc(C)c1)c1ccc(Cl)c(CCOC(N)=O)c1. The van der Waals surface area contributed by atoms with Crippen LogP contribution < -0.4 is 5.73 Å². The first-order chi connectivity index (χ1) is 12.0. The maximum atomic E-state index is 10.6. The van der Waals surface area contributed by atoms with Gasteiger partial charge in [0.05, 0.1) is 12.3 Å². The molecule has 0 aromatic heterocycles. The highest BCUT2D eigenvalue weighted by atomic mass is 35.5. The molecule has 132 valence electrons. The maximum absolute atomic E-state index is 10.6. The third-order valence-electron chi connectivity index (χ3n) is 3.59. The van der Waals surface area contributed by atoms with Crippen LogP contribution in [0, 0.1) is 6.92 Å². The molecule has 2 aromatic rings. The van der Waals surface area contributed by atoms with E-state index in [0.717, 1.165) is 22.4 Å². The first-order valence-electron chi connectivity index (χ1n) is 7.89. The van der Waals surface area contributed by atoms with Crippen LogP contribution in [-0.2, 0) is 22.6 Å². The van der Waals surface area contributed by atoms with Crippen molar-refractivity contribution in [2.45, 2.75) is 26.9 Å². The topological polar surface area (TPSA) is 73.9 Å². The molecule has 0 atom stereocenters. The molecule has 25 heavy (non-hydrogen) atoms. The maximum Gasteiger partial charge on any atom is 0.404 e. The fourth-order valence-corrected chi connectivity index (χ4v) is 2.52. The highest BCUT2D eigenvalue weighted by molar-refractivity contribution is 6.31. The van der Waals surface area contributed by atoms with Crippen LogP contribution in [0.2, 0.25) is 5.02 Å². The van der Waals surface area contributed by atoms with Crippen LogP contribution in [0.3, 0.4) is 0 Å². The van der Waals surface area contributed by atoms with Crippen molar-refractivity contribution in [1.29, 1.82) is 0 Å². The summed E-state index contributed by atoms with van der Waals surface area (Å²) < 4.78 is 4.75. The largest absolute Gasteiger partial charge is 0.449 e. The molecule has 0 spiro atoms. The lowest BCUT2D eigenvalue weighted by atomic mass is 10.1. The van der Waals surface area contributed by atoms with Crippen molar-refractivity contribution in [3.63, 3.8) is 0 Å². The Bertz CT molecular complexity index is 775. The second-order valence-corrected chi connectivity index (χ2v) is 6.07. The second-order valence-electron chi connectivity index (χ2n) is 5.66. The summed E-state index contributed by atoms with van der Waals surface area (Å²) in [7, 11) is 0. The van der Waals surface area contributed by atoms with E-state index in [1.54, 1.807) is 6.07 Å². The van der Waals surface area contributed by atoms with Crippen LogP contribution in [0.4, 0.5) is 4.79 Å². The van der Waals surface area contributed by atoms with Gasteiger partial charge in [-0.25, -0.2) is 4.79 Å². The van der Waals surface area contributed by atoms with Gasteiger partial charge < -0.3 is 15.3 Å². The number of rotatable bonds is 7. The van der Waals surface area contributed by atoms with E-state index in [0.29, 0.717) is 18.1 Å². The van der Waals surface area contributed by atoms with Gasteiger partial charge in [0.1, 0.15) is 6.61 Å². The van der Waals surface area contributed by atoms with Crippen LogP contribution in [0.5, 0.6) is 0 Å². The van der Waals surface area contributed by atoms with E-state index in [9.17, 15) is 4.79 Å². The number of ether oxygens (including phenoxy) is 1. The summed E-state index contributed by atoms with van der Waals surface area (Å²) in [5.74, 6) is 0. The van der Waals surface area contributed by atoms with Crippen LogP contribution in [0.15, 0.2) is 47.6 Å². The van der Waals surface area contributed by atoms with Gasteiger partial charge in [0.15, 0.2) is 0 Å². The number of halogens is 1. The lowest BCUT2D eigenvalue weighted by Crippen LogP contribution is -2.15. The molecule has 0 fully saturated rings. The van der Waals surface area contributed by atoms with Crippen LogP contribution in [-0.4, -0.2) is 18.4 Å². The Morgan fingerprint density at radius 3 is 2.76 bits per heavy atom. The van der Waals surface area contributed by atoms with Gasteiger partial charge in [-0.1, -0.05) is 52.7 Å². The third kappa shape index (κ3) is 6.12. The fourth-order valence-electron chi connectivity index (χ4n) is 2.31. The number of carbonyl (C=O) groups excluding carboxylic acids is 1. The van der Waals surface area contributed by atoms with Gasteiger partial charge in [-0.05, 0) is 42.7 Å². The number of oxime groups is 1. The number of primary amides is 1. The number of benzene rings is 2. The number of carbonyl (C=O) groups is 1. The lowest BCUT2D eigenvalue weighted by Gasteiger charge is -2.08. The van der Waals surface area contributed by atoms with Gasteiger partial charge in [0.25, 0.3) is 0 Å². The van der Waals surface area contributed by atoms with E-state index in [-0.39, 0.29) is 6.61 Å². The van der Waals surface area contributed by atoms with E-state index >= 15 is 0 Å². The number of amides is 1. The van der Waals surface area contributed by atoms with E-state index in [4.69, 9.17) is 26.9 Å². The van der Waals surface area contributed by atoms with Gasteiger partial charge in [-0.3, -0.25) is 0 Å². The van der Waals surface area contributed by atoms with Crippen molar-refractivity contribution in [1.82, 2.24) is 0 Å². The molecule has 0 heterocycles. The highest BCUT2D eigenvalue weighted by Crippen LogP contribution is 2.19. The molecule has 5 nitrogen and oxygen atoms in total. The minimum atomic E-state index is -0.797. The van der Waals surface area contributed by atoms with Crippen molar-refractivity contribution in [2.24, 2.45) is 10.9 Å². The van der Waals surface area contributed by atoms with Gasteiger partial charge in [-0.15, -0.1) is 0 Å². The summed E-state index contributed by atoms with van der Waals surface area (Å²) in [4.78, 5) is 16.1. The third-order valence-corrected chi connectivity index (χ3v) is 3.96. The predicted molar refractivity (Wildman–Crippen MR) is 98.9 cm³/mol. The normalized spacial score (nSPS) is 11.2. The molecule has 0 saturated carbocycles. The molecule has 1 amide bonds. The van der Waals surface area contributed by atoms with Crippen LogP contribution in [0.1, 0.15) is 29.2 Å². The molecule has 0 unspecified atom stereocenters. The Morgan fingerprint density at radius 2 is 2.04 bits per heavy atom. The Labute approximate surface area is 152 Å². The van der Waals surface area contributed by atoms with Crippen molar-refractivity contribution >= 4 is 23.4 Å². The Morgan fingerprint density at radius 1 is 1.24 bits per heavy atom. The molecular weight excluding hydrogens is 340 g/mol. The molecular formula is C19H21ClN2O3. The van der Waals surface area contributed by atoms with Crippen molar-refractivity contribution in [3.8, 4) is 0 Å². The van der Waals surface area contributed by atoms with E-state index in [1.807, 2.05) is 44.2 Å². The molecule has 2 aromatic carbocycles. The molecule has 2 rings (SSSR count). The fraction of sp³-hybridized carbons (Fsp3) is 0.263. The average Bonchev–Trinajstić information content (AvgIpc) is 2.56. The molecule has 0 aliphatic heterocycles. The summed E-state index contributed by atoms with van der Waals surface area (Å²) in [5.41, 5.74) is 9.69. The summed E-state index contributed by atoms with van der Waals surface area (Å²) in [5, 5.41) is 4.77. The monoisotopic (exact) mass is 360 g/mol. The zero-order chi connectivity index (χ0) is 18.2. The van der Waals surface area contributed by atoms with E-state index in [2.05, 4.69) is 11.2 Å². The quantitative estimate of drug-likeness (QED) is 0.593.